The summed E-state index contributed by atoms with van der Waals surface area (Å²) in [6.45, 7) is 0.510. The van der Waals surface area contributed by atoms with Crippen LogP contribution in [0.4, 0.5) is 0 Å². The van der Waals surface area contributed by atoms with E-state index in [0.29, 0.717) is 19.4 Å². The van der Waals surface area contributed by atoms with Crippen LogP contribution in [-0.4, -0.2) is 20.7 Å². The minimum Gasteiger partial charge on any atom is -0.352 e. The van der Waals surface area contributed by atoms with E-state index in [0.717, 1.165) is 16.8 Å². The minimum atomic E-state index is 0.0290. The molecule has 23 heavy (non-hydrogen) atoms. The van der Waals surface area contributed by atoms with Crippen LogP contribution in [0.5, 0.6) is 0 Å². The SMILES string of the molecule is O=C(CCc1cnn(-c2ccccc2)c1)NCc1cccnc1. The first-order valence-electron chi connectivity index (χ1n) is 7.56. The lowest BCUT2D eigenvalue weighted by molar-refractivity contribution is -0.121. The van der Waals surface area contributed by atoms with Crippen molar-refractivity contribution in [3.8, 4) is 5.69 Å². The van der Waals surface area contributed by atoms with Gasteiger partial charge in [0.1, 0.15) is 0 Å². The first kappa shape index (κ1) is 15.0. The molecule has 0 aliphatic carbocycles. The summed E-state index contributed by atoms with van der Waals surface area (Å²) in [5, 5.41) is 7.24. The zero-order chi connectivity index (χ0) is 15.9. The number of carbonyl (C=O) groups excluding carboxylic acids is 1. The molecule has 2 aromatic heterocycles. The van der Waals surface area contributed by atoms with E-state index < -0.39 is 0 Å². The van der Waals surface area contributed by atoms with Gasteiger partial charge in [-0.3, -0.25) is 9.78 Å². The second-order valence-corrected chi connectivity index (χ2v) is 5.27. The fourth-order valence-corrected chi connectivity index (χ4v) is 2.26. The molecule has 0 atom stereocenters. The zero-order valence-corrected chi connectivity index (χ0v) is 12.7. The highest BCUT2D eigenvalue weighted by atomic mass is 16.1. The van der Waals surface area contributed by atoms with Crippen LogP contribution < -0.4 is 5.32 Å². The normalized spacial score (nSPS) is 10.4. The standard InChI is InChI=1S/C18H18N4O/c23-18(20-12-15-5-4-10-19-11-15)9-8-16-13-21-22(14-16)17-6-2-1-3-7-17/h1-7,10-11,13-14H,8-9,12H2,(H,20,23). The van der Waals surface area contributed by atoms with Crippen LogP contribution in [0.2, 0.25) is 0 Å². The third-order valence-corrected chi connectivity index (χ3v) is 3.51. The molecule has 0 saturated heterocycles. The van der Waals surface area contributed by atoms with Gasteiger partial charge in [-0.25, -0.2) is 4.68 Å². The van der Waals surface area contributed by atoms with Crippen LogP contribution in [0.15, 0.2) is 67.3 Å². The molecule has 0 radical (unpaired) electrons. The molecule has 0 bridgehead atoms. The Balaban J connectivity index is 1.49. The van der Waals surface area contributed by atoms with E-state index in [-0.39, 0.29) is 5.91 Å². The summed E-state index contributed by atoms with van der Waals surface area (Å²) >= 11 is 0. The Labute approximate surface area is 135 Å². The highest BCUT2D eigenvalue weighted by Crippen LogP contribution is 2.09. The molecule has 1 N–H and O–H groups in total. The molecule has 5 nitrogen and oxygen atoms in total. The van der Waals surface area contributed by atoms with Gasteiger partial charge in [0.2, 0.25) is 5.91 Å². The average molecular weight is 306 g/mol. The van der Waals surface area contributed by atoms with Crippen molar-refractivity contribution >= 4 is 5.91 Å². The quantitative estimate of drug-likeness (QED) is 0.761. The van der Waals surface area contributed by atoms with Crippen molar-refractivity contribution < 1.29 is 4.79 Å². The Kier molecular flexibility index (Phi) is 4.79. The second-order valence-electron chi connectivity index (χ2n) is 5.27. The van der Waals surface area contributed by atoms with Crippen LogP contribution in [0.1, 0.15) is 17.5 Å². The highest BCUT2D eigenvalue weighted by molar-refractivity contribution is 5.76. The Morgan fingerprint density at radius 1 is 1.04 bits per heavy atom. The van der Waals surface area contributed by atoms with E-state index in [1.807, 2.05) is 53.3 Å². The lowest BCUT2D eigenvalue weighted by atomic mass is 10.2. The molecular formula is C18H18N4O. The lowest BCUT2D eigenvalue weighted by Crippen LogP contribution is -2.22. The number of carbonyl (C=O) groups is 1. The first-order chi connectivity index (χ1) is 11.3. The van der Waals surface area contributed by atoms with E-state index in [2.05, 4.69) is 15.4 Å². The maximum atomic E-state index is 11.9. The lowest BCUT2D eigenvalue weighted by Gasteiger charge is -2.04. The molecule has 0 saturated carbocycles. The summed E-state index contributed by atoms with van der Waals surface area (Å²) in [5.41, 5.74) is 3.06. The van der Waals surface area contributed by atoms with Crippen molar-refractivity contribution in [3.63, 3.8) is 0 Å². The number of pyridine rings is 1. The molecule has 2 heterocycles. The number of amides is 1. The van der Waals surface area contributed by atoms with Crippen molar-refractivity contribution in [1.29, 1.82) is 0 Å². The largest absolute Gasteiger partial charge is 0.352 e. The molecule has 0 aliphatic heterocycles. The minimum absolute atomic E-state index is 0.0290. The Bertz CT molecular complexity index is 753. The van der Waals surface area contributed by atoms with Crippen LogP contribution in [0.3, 0.4) is 0 Å². The van der Waals surface area contributed by atoms with Gasteiger partial charge in [0, 0.05) is 31.6 Å². The van der Waals surface area contributed by atoms with E-state index >= 15 is 0 Å². The fourth-order valence-electron chi connectivity index (χ4n) is 2.26. The van der Waals surface area contributed by atoms with Crippen LogP contribution in [0.25, 0.3) is 5.69 Å². The van der Waals surface area contributed by atoms with Gasteiger partial charge in [-0.2, -0.15) is 5.10 Å². The van der Waals surface area contributed by atoms with Crippen molar-refractivity contribution in [3.05, 3.63) is 78.4 Å². The van der Waals surface area contributed by atoms with E-state index in [9.17, 15) is 4.79 Å². The van der Waals surface area contributed by atoms with E-state index in [4.69, 9.17) is 0 Å². The first-order valence-corrected chi connectivity index (χ1v) is 7.56. The number of aromatic nitrogens is 3. The van der Waals surface area contributed by atoms with E-state index in [1.165, 1.54) is 0 Å². The summed E-state index contributed by atoms with van der Waals surface area (Å²) in [6, 6.07) is 13.7. The Hall–Kier alpha value is -2.95. The van der Waals surface area contributed by atoms with Crippen LogP contribution in [-0.2, 0) is 17.8 Å². The molecule has 0 aliphatic rings. The predicted molar refractivity (Wildman–Crippen MR) is 88.0 cm³/mol. The maximum Gasteiger partial charge on any atom is 0.220 e. The van der Waals surface area contributed by atoms with Gasteiger partial charge in [-0.05, 0) is 35.7 Å². The van der Waals surface area contributed by atoms with Crippen molar-refractivity contribution in [2.75, 3.05) is 0 Å². The fraction of sp³-hybridized carbons (Fsp3) is 0.167. The zero-order valence-electron chi connectivity index (χ0n) is 12.7. The third kappa shape index (κ3) is 4.26. The molecule has 0 fully saturated rings. The van der Waals surface area contributed by atoms with Gasteiger partial charge in [0.05, 0.1) is 11.9 Å². The number of nitrogens with one attached hydrogen (secondary N) is 1. The topological polar surface area (TPSA) is 59.8 Å². The monoisotopic (exact) mass is 306 g/mol. The molecule has 0 spiro atoms. The summed E-state index contributed by atoms with van der Waals surface area (Å²) in [6.07, 6.45) is 8.36. The Morgan fingerprint density at radius 2 is 1.91 bits per heavy atom. The predicted octanol–water partition coefficient (Wildman–Crippen LogP) is 2.52. The van der Waals surface area contributed by atoms with Crippen molar-refractivity contribution in [2.24, 2.45) is 0 Å². The number of nitrogens with zero attached hydrogens (tertiary/aromatic N) is 3. The molecular weight excluding hydrogens is 288 g/mol. The molecule has 3 rings (SSSR count). The number of hydrogen-bond donors (Lipinski definition) is 1. The van der Waals surface area contributed by atoms with Gasteiger partial charge in [-0.1, -0.05) is 24.3 Å². The maximum absolute atomic E-state index is 11.9. The summed E-state index contributed by atoms with van der Waals surface area (Å²) in [5.74, 6) is 0.0290. The summed E-state index contributed by atoms with van der Waals surface area (Å²) in [7, 11) is 0. The number of hydrogen-bond acceptors (Lipinski definition) is 3. The number of aryl methyl sites for hydroxylation is 1. The van der Waals surface area contributed by atoms with Gasteiger partial charge in [-0.15, -0.1) is 0 Å². The van der Waals surface area contributed by atoms with Crippen LogP contribution in [0, 0.1) is 0 Å². The number of benzene rings is 1. The van der Waals surface area contributed by atoms with Crippen molar-refractivity contribution in [1.82, 2.24) is 20.1 Å². The van der Waals surface area contributed by atoms with Gasteiger partial charge in [0.25, 0.3) is 0 Å². The number of rotatable bonds is 6. The molecule has 1 amide bonds. The highest BCUT2D eigenvalue weighted by Gasteiger charge is 2.05. The molecule has 0 unspecified atom stereocenters. The Morgan fingerprint density at radius 3 is 2.70 bits per heavy atom. The van der Waals surface area contributed by atoms with Gasteiger partial charge < -0.3 is 5.32 Å². The van der Waals surface area contributed by atoms with E-state index in [1.54, 1.807) is 18.6 Å². The van der Waals surface area contributed by atoms with Crippen LogP contribution >= 0.6 is 0 Å². The average Bonchev–Trinajstić information content (AvgIpc) is 3.09. The second kappa shape index (κ2) is 7.35. The van der Waals surface area contributed by atoms with Gasteiger partial charge in [0.15, 0.2) is 0 Å². The molecule has 5 heteroatoms. The smallest absolute Gasteiger partial charge is 0.220 e. The van der Waals surface area contributed by atoms with Gasteiger partial charge >= 0.3 is 0 Å². The molecule has 116 valence electrons. The summed E-state index contributed by atoms with van der Waals surface area (Å²) < 4.78 is 1.82. The molecule has 3 aromatic rings. The third-order valence-electron chi connectivity index (χ3n) is 3.51. The van der Waals surface area contributed by atoms with Crippen molar-refractivity contribution in [2.45, 2.75) is 19.4 Å². The molecule has 1 aromatic carbocycles. The summed E-state index contributed by atoms with van der Waals surface area (Å²) in [4.78, 5) is 15.9. The number of para-hydroxylation sites is 1.